The van der Waals surface area contributed by atoms with Crippen molar-refractivity contribution in [3.05, 3.63) is 0 Å². The maximum atomic E-state index is 12.6. The number of rotatable bonds is 24. The molecule has 18 N–H and O–H groups in total. The number of carboxylic acids is 1. The SMILES string of the molecule is CCCCCCCCCCCCCCCC(=O)O.NCC[C@H](O)C(=O)N[C@@H]1C[C@H](N)[C@@H](O[C@H]2O[C@H](CN)[C@@H](O)[C@H](O)[C@H]2O)[C@H](O)[C@H]1O[C@H]1O[C@H](CO)[C@@H](O)[C@H](N)[C@H]1O. The molecule has 2 saturated heterocycles. The minimum Gasteiger partial charge on any atom is -0.481 e. The number of hydrogen-bond acceptors (Lipinski definition) is 18. The Labute approximate surface area is 341 Å². The van der Waals surface area contributed by atoms with Gasteiger partial charge in [0, 0.05) is 19.0 Å². The second-order valence-corrected chi connectivity index (χ2v) is 15.7. The zero-order valence-electron chi connectivity index (χ0n) is 34.0. The third-order valence-electron chi connectivity index (χ3n) is 11.0. The molecule has 342 valence electrons. The number of nitrogens with one attached hydrogen (secondary N) is 1. The van der Waals surface area contributed by atoms with Crippen LogP contribution in [0.1, 0.15) is 110 Å². The minimum absolute atomic E-state index is 0.0101. The number of aliphatic carboxylic acids is 1. The first-order valence-corrected chi connectivity index (χ1v) is 21.1. The van der Waals surface area contributed by atoms with Gasteiger partial charge in [0.25, 0.3) is 0 Å². The highest BCUT2D eigenvalue weighted by Gasteiger charge is 2.52. The second kappa shape index (κ2) is 28.0. The number of aliphatic hydroxyl groups excluding tert-OH is 8. The maximum absolute atomic E-state index is 12.6. The number of carbonyl (C=O) groups is 2. The van der Waals surface area contributed by atoms with Crippen molar-refractivity contribution in [1.82, 2.24) is 5.32 Å². The number of ether oxygens (including phenoxy) is 4. The molecule has 3 rings (SSSR count). The smallest absolute Gasteiger partial charge is 0.303 e. The molecule has 16 atom stereocenters. The summed E-state index contributed by atoms with van der Waals surface area (Å²) in [5.74, 6) is -1.50. The van der Waals surface area contributed by atoms with E-state index in [1.807, 2.05) is 0 Å². The van der Waals surface area contributed by atoms with Gasteiger partial charge in [-0.3, -0.25) is 9.59 Å². The molecule has 20 heteroatoms. The molecule has 3 fully saturated rings. The highest BCUT2D eigenvalue weighted by molar-refractivity contribution is 5.80. The molecule has 2 aliphatic heterocycles. The molecule has 0 unspecified atom stereocenters. The topological polar surface area (TPSA) is 369 Å². The number of carboxylic acid groups (broad SMARTS) is 1. The van der Waals surface area contributed by atoms with Crippen LogP contribution in [0.5, 0.6) is 0 Å². The zero-order chi connectivity index (χ0) is 43.4. The van der Waals surface area contributed by atoms with Gasteiger partial charge < -0.3 is 93.2 Å². The number of hydrogen-bond donors (Lipinski definition) is 14. The number of nitrogens with two attached hydrogens (primary N) is 4. The van der Waals surface area contributed by atoms with Crippen LogP contribution in [-0.2, 0) is 28.5 Å². The third kappa shape index (κ3) is 16.6. The lowest BCUT2D eigenvalue weighted by Crippen LogP contribution is -2.69. The average molecular weight is 842 g/mol. The first kappa shape index (κ1) is 52.4. The molecule has 0 radical (unpaired) electrons. The summed E-state index contributed by atoms with van der Waals surface area (Å²) in [4.78, 5) is 22.9. The molecule has 3 aliphatic rings. The van der Waals surface area contributed by atoms with Crippen LogP contribution in [0, 0.1) is 0 Å². The molecule has 58 heavy (non-hydrogen) atoms. The predicted octanol–water partition coefficient (Wildman–Crippen LogP) is -2.87. The number of carbonyl (C=O) groups excluding carboxylic acids is 1. The Hall–Kier alpha value is -1.70. The highest BCUT2D eigenvalue weighted by atomic mass is 16.7. The van der Waals surface area contributed by atoms with Crippen LogP contribution in [0.3, 0.4) is 0 Å². The van der Waals surface area contributed by atoms with Gasteiger partial charge in [-0.25, -0.2) is 0 Å². The van der Waals surface area contributed by atoms with Crippen LogP contribution >= 0.6 is 0 Å². The van der Waals surface area contributed by atoms with Gasteiger partial charge in [0.1, 0.15) is 67.1 Å². The monoisotopic (exact) mass is 842 g/mol. The Bertz CT molecular complexity index is 1130. The molecule has 0 spiro atoms. The number of aliphatic hydroxyl groups is 8. The lowest BCUT2D eigenvalue weighted by Gasteiger charge is -2.49. The van der Waals surface area contributed by atoms with Gasteiger partial charge >= 0.3 is 5.97 Å². The predicted molar refractivity (Wildman–Crippen MR) is 209 cm³/mol. The van der Waals surface area contributed by atoms with E-state index in [0.29, 0.717) is 6.42 Å². The van der Waals surface area contributed by atoms with Crippen LogP contribution in [-0.4, -0.2) is 175 Å². The fraction of sp³-hybridized carbons (Fsp3) is 0.947. The Morgan fingerprint density at radius 2 is 1.22 bits per heavy atom. The largest absolute Gasteiger partial charge is 0.481 e. The quantitative estimate of drug-likeness (QED) is 0.0434. The fourth-order valence-corrected chi connectivity index (χ4v) is 7.36. The molecule has 1 aliphatic carbocycles. The van der Waals surface area contributed by atoms with E-state index < -0.39 is 116 Å². The summed E-state index contributed by atoms with van der Waals surface area (Å²) in [6.07, 6.45) is -2.55. The molecule has 1 amide bonds. The van der Waals surface area contributed by atoms with E-state index >= 15 is 0 Å². The van der Waals surface area contributed by atoms with Crippen molar-refractivity contribution in [2.45, 2.75) is 208 Å². The lowest BCUT2D eigenvalue weighted by atomic mass is 9.83. The van der Waals surface area contributed by atoms with Crippen molar-refractivity contribution in [1.29, 1.82) is 0 Å². The van der Waals surface area contributed by atoms with Crippen molar-refractivity contribution in [2.24, 2.45) is 22.9 Å². The second-order valence-electron chi connectivity index (χ2n) is 15.7. The fourth-order valence-electron chi connectivity index (χ4n) is 7.36. The summed E-state index contributed by atoms with van der Waals surface area (Å²) in [7, 11) is 0. The van der Waals surface area contributed by atoms with Crippen LogP contribution < -0.4 is 28.3 Å². The standard InChI is InChI=1S/C22H43N5O13.C16H32O2/c23-2-1-8(29)20(36)27-7-3-6(25)18(39-22-16(34)15(33)13(31)9(4-24)37-22)17(35)19(7)40-21-14(32)11(26)12(30)10(5-28)38-21;1-2-3-4-5-6-7-8-9-10-11-12-13-14-15-16(17)18/h6-19,21-22,28-35H,1-5,23-26H2,(H,27,36);2-15H2,1H3,(H,17,18)/t6-,7+,8-,9+,10+,11-,12+,13+,14+,15-,16+,17-,18+,19-,21+,22+;/m0./s1. The third-order valence-corrected chi connectivity index (χ3v) is 11.0. The van der Waals surface area contributed by atoms with Crippen LogP contribution in [0.4, 0.5) is 0 Å². The Morgan fingerprint density at radius 1 is 0.707 bits per heavy atom. The summed E-state index contributed by atoms with van der Waals surface area (Å²) < 4.78 is 22.5. The van der Waals surface area contributed by atoms with E-state index in [1.54, 1.807) is 0 Å². The van der Waals surface area contributed by atoms with Crippen molar-refractivity contribution in [2.75, 3.05) is 19.7 Å². The Balaban J connectivity index is 0.000000542. The number of unbranched alkanes of at least 4 members (excludes halogenated alkanes) is 12. The van der Waals surface area contributed by atoms with Crippen molar-refractivity contribution in [3.63, 3.8) is 0 Å². The zero-order valence-corrected chi connectivity index (χ0v) is 34.0. The van der Waals surface area contributed by atoms with E-state index in [9.17, 15) is 50.4 Å². The maximum Gasteiger partial charge on any atom is 0.303 e. The Kier molecular flexibility index (Phi) is 25.3. The molecule has 0 aromatic carbocycles. The molecule has 0 bridgehead atoms. The summed E-state index contributed by atoms with van der Waals surface area (Å²) in [6, 6.07) is -3.45. The summed E-state index contributed by atoms with van der Waals surface area (Å²) in [6.45, 7) is 1.36. The first-order chi connectivity index (χ1) is 27.6. The van der Waals surface area contributed by atoms with Gasteiger partial charge in [0.05, 0.1) is 18.7 Å². The Morgan fingerprint density at radius 3 is 1.74 bits per heavy atom. The van der Waals surface area contributed by atoms with Crippen molar-refractivity contribution >= 4 is 11.9 Å². The van der Waals surface area contributed by atoms with Gasteiger partial charge in [-0.1, -0.05) is 84.0 Å². The molecule has 1 saturated carbocycles. The van der Waals surface area contributed by atoms with Gasteiger partial charge in [-0.05, 0) is 25.8 Å². The van der Waals surface area contributed by atoms with E-state index in [2.05, 4.69) is 12.2 Å². The highest BCUT2D eigenvalue weighted by Crippen LogP contribution is 2.32. The number of amides is 1. The molecular weight excluding hydrogens is 766 g/mol. The average Bonchev–Trinajstić information content (AvgIpc) is 3.19. The summed E-state index contributed by atoms with van der Waals surface area (Å²) in [5, 5.41) is 93.3. The van der Waals surface area contributed by atoms with Gasteiger partial charge in [0.15, 0.2) is 12.6 Å². The molecular formula is C38H75N5O15. The van der Waals surface area contributed by atoms with Crippen LogP contribution in [0.15, 0.2) is 0 Å². The van der Waals surface area contributed by atoms with E-state index in [4.69, 9.17) is 47.0 Å². The summed E-state index contributed by atoms with van der Waals surface area (Å²) in [5.41, 5.74) is 23.1. The van der Waals surface area contributed by atoms with E-state index in [1.165, 1.54) is 70.6 Å². The van der Waals surface area contributed by atoms with Crippen molar-refractivity contribution < 1.29 is 74.5 Å². The van der Waals surface area contributed by atoms with Gasteiger partial charge in [0.2, 0.25) is 5.91 Å². The van der Waals surface area contributed by atoms with E-state index in [-0.39, 0.29) is 25.9 Å². The molecule has 2 heterocycles. The lowest BCUT2D eigenvalue weighted by molar-refractivity contribution is -0.332. The van der Waals surface area contributed by atoms with Gasteiger partial charge in [-0.2, -0.15) is 0 Å². The molecule has 20 nitrogen and oxygen atoms in total. The van der Waals surface area contributed by atoms with Crippen LogP contribution in [0.25, 0.3) is 0 Å². The van der Waals surface area contributed by atoms with Gasteiger partial charge in [-0.15, -0.1) is 0 Å². The van der Waals surface area contributed by atoms with Crippen LogP contribution in [0.2, 0.25) is 0 Å². The van der Waals surface area contributed by atoms with E-state index in [0.717, 1.165) is 12.8 Å². The molecule has 0 aromatic heterocycles. The first-order valence-electron chi connectivity index (χ1n) is 21.1. The normalized spacial score (nSPS) is 35.8. The van der Waals surface area contributed by atoms with Crippen molar-refractivity contribution in [3.8, 4) is 0 Å². The minimum atomic E-state index is -1.76. The summed E-state index contributed by atoms with van der Waals surface area (Å²) >= 11 is 0. The molecule has 0 aromatic rings.